The fourth-order valence-electron chi connectivity index (χ4n) is 4.62. The Morgan fingerprint density at radius 3 is 1.61 bits per heavy atom. The van der Waals surface area contributed by atoms with Gasteiger partial charge in [-0.25, -0.2) is 0 Å². The molecule has 0 aromatic carbocycles. The van der Waals surface area contributed by atoms with Crippen LogP contribution >= 0.6 is 0 Å². The monoisotopic (exact) mass is 586 g/mol. The predicted molar refractivity (Wildman–Crippen MR) is 150 cm³/mol. The van der Waals surface area contributed by atoms with Gasteiger partial charge >= 0.3 is 11.9 Å². The molecule has 0 radical (unpaired) electrons. The molecule has 3 unspecified atom stereocenters. The molecular weight excluding hydrogens is 532 g/mol. The van der Waals surface area contributed by atoms with Crippen LogP contribution < -0.4 is 10.2 Å². The van der Waals surface area contributed by atoms with Crippen molar-refractivity contribution < 1.29 is 52.6 Å². The van der Waals surface area contributed by atoms with Gasteiger partial charge in [0.05, 0.1) is 54.2 Å². The van der Waals surface area contributed by atoms with Gasteiger partial charge in [-0.1, -0.05) is 51.9 Å². The Labute approximate surface area is 246 Å². The number of hydrogen-bond donors (Lipinski definition) is 0. The minimum atomic E-state index is -1.67. The highest BCUT2D eigenvalue weighted by molar-refractivity contribution is 5.98. The Hall–Kier alpha value is -2.53. The lowest BCUT2D eigenvalue weighted by molar-refractivity contribution is -0.873. The molecule has 0 spiro atoms. The highest BCUT2D eigenvalue weighted by Crippen LogP contribution is 2.19. The summed E-state index contributed by atoms with van der Waals surface area (Å²) in [6.45, 7) is 2.51. The molecule has 0 amide bonds. The first-order chi connectivity index (χ1) is 18.9. The van der Waals surface area contributed by atoms with E-state index in [2.05, 4.69) is 6.92 Å². The number of carbonyl (C=O) groups excluding carboxylic acids is 5. The molecule has 0 aromatic rings. The van der Waals surface area contributed by atoms with E-state index in [9.17, 15) is 34.2 Å². The van der Waals surface area contributed by atoms with Crippen LogP contribution in [0.4, 0.5) is 0 Å². The quantitative estimate of drug-likeness (QED) is 0.0698. The minimum absolute atomic E-state index is 0.00679. The summed E-state index contributed by atoms with van der Waals surface area (Å²) in [4.78, 5) is 61.0. The second-order valence-electron chi connectivity index (χ2n) is 13.0. The van der Waals surface area contributed by atoms with Crippen LogP contribution in [0.15, 0.2) is 0 Å². The number of carboxylic acids is 2. The number of aliphatic carboxylic acids is 2. The van der Waals surface area contributed by atoms with Crippen molar-refractivity contribution >= 4 is 29.7 Å². The molecular formula is C30H54N2O9. The second kappa shape index (κ2) is 19.6. The summed E-state index contributed by atoms with van der Waals surface area (Å²) in [5, 5.41) is 23.1. The summed E-state index contributed by atoms with van der Waals surface area (Å²) in [5.41, 5.74) is 0. The minimum Gasteiger partial charge on any atom is -0.550 e. The molecule has 0 fully saturated rings. The molecule has 0 saturated carbocycles. The highest BCUT2D eigenvalue weighted by atomic mass is 16.6. The van der Waals surface area contributed by atoms with E-state index in [1.807, 2.05) is 21.1 Å². The third kappa shape index (κ3) is 20.9. The molecule has 0 N–H and O–H groups in total. The molecule has 0 rings (SSSR count). The lowest BCUT2D eigenvalue weighted by atomic mass is 9.93. The van der Waals surface area contributed by atoms with Gasteiger partial charge < -0.3 is 38.2 Å². The van der Waals surface area contributed by atoms with E-state index in [0.29, 0.717) is 10.9 Å². The fourth-order valence-corrected chi connectivity index (χ4v) is 4.62. The number of quaternary nitrogens is 2. The van der Waals surface area contributed by atoms with Crippen LogP contribution in [-0.4, -0.2) is 106 Å². The van der Waals surface area contributed by atoms with Crippen molar-refractivity contribution in [1.82, 2.24) is 0 Å². The van der Waals surface area contributed by atoms with Crippen LogP contribution in [0, 0.1) is 5.92 Å². The summed E-state index contributed by atoms with van der Waals surface area (Å²) >= 11 is 0. The van der Waals surface area contributed by atoms with Crippen molar-refractivity contribution in [3.05, 3.63) is 0 Å². The van der Waals surface area contributed by atoms with E-state index >= 15 is 0 Å². The first kappa shape index (κ1) is 38.5. The van der Waals surface area contributed by atoms with E-state index < -0.39 is 54.2 Å². The number of nitrogens with zero attached hydrogens (tertiary/aromatic N) is 2. The van der Waals surface area contributed by atoms with Gasteiger partial charge in [0.1, 0.15) is 18.9 Å². The zero-order valence-electron chi connectivity index (χ0n) is 26.4. The molecule has 0 aliphatic heterocycles. The van der Waals surface area contributed by atoms with Gasteiger partial charge in [-0.2, -0.15) is 0 Å². The summed E-state index contributed by atoms with van der Waals surface area (Å²) in [6.07, 6.45) is 5.54. The third-order valence-electron chi connectivity index (χ3n) is 6.47. The number of likely N-dealkylation sites (N-methyl/N-ethyl adjacent to an activating group) is 2. The lowest BCUT2D eigenvalue weighted by Gasteiger charge is -2.33. The number of hydrogen-bond acceptors (Lipinski definition) is 9. The van der Waals surface area contributed by atoms with E-state index in [1.54, 1.807) is 21.1 Å². The fraction of sp³-hybridized carbons (Fsp3) is 0.833. The standard InChI is InChI=1S/C30H54N2O9/c1-8-9-10-11-12-13-14-15-18-28(37)41-25(22-32(5,6)7)29(30(38)39)24(33)17-16-19-27(36)40-23(20-26(34)35)21-31(2,3)4/h23,25,29H,8-22H2,1-7H3. The molecule has 0 bridgehead atoms. The van der Waals surface area contributed by atoms with Crippen LogP contribution in [0.5, 0.6) is 0 Å². The van der Waals surface area contributed by atoms with Crippen LogP contribution in [0.2, 0.25) is 0 Å². The van der Waals surface area contributed by atoms with E-state index in [4.69, 9.17) is 9.47 Å². The van der Waals surface area contributed by atoms with Gasteiger partial charge in [0, 0.05) is 31.7 Å². The summed E-state index contributed by atoms with van der Waals surface area (Å²) in [7, 11) is 10.9. The molecule has 11 heteroatoms. The first-order valence-corrected chi connectivity index (χ1v) is 14.9. The largest absolute Gasteiger partial charge is 0.550 e. The molecule has 0 aromatic heterocycles. The lowest BCUT2D eigenvalue weighted by Crippen LogP contribution is -2.52. The topological polar surface area (TPSA) is 150 Å². The van der Waals surface area contributed by atoms with Crippen molar-refractivity contribution in [3.8, 4) is 0 Å². The number of esters is 2. The SMILES string of the molecule is CCCCCCCCCCC(=O)OC(C[N+](C)(C)C)C(C(=O)[O-])C(=O)CCCC(=O)OC(CC(=O)[O-])C[N+](C)(C)C. The van der Waals surface area contributed by atoms with E-state index in [1.165, 1.54) is 25.7 Å². The van der Waals surface area contributed by atoms with Gasteiger partial charge in [-0.05, 0) is 12.8 Å². The predicted octanol–water partition coefficient (Wildman–Crippen LogP) is 0.999. The first-order valence-electron chi connectivity index (χ1n) is 14.9. The van der Waals surface area contributed by atoms with Crippen molar-refractivity contribution in [3.63, 3.8) is 0 Å². The second-order valence-corrected chi connectivity index (χ2v) is 13.0. The van der Waals surface area contributed by atoms with E-state index in [-0.39, 0.29) is 43.3 Å². The van der Waals surface area contributed by atoms with Crippen LogP contribution in [0.1, 0.15) is 90.4 Å². The van der Waals surface area contributed by atoms with Crippen LogP contribution in [0.3, 0.4) is 0 Å². The summed E-state index contributed by atoms with van der Waals surface area (Å²) < 4.78 is 11.4. The van der Waals surface area contributed by atoms with Crippen molar-refractivity contribution in [2.45, 2.75) is 103 Å². The maximum atomic E-state index is 13.0. The van der Waals surface area contributed by atoms with Gasteiger partial charge in [0.2, 0.25) is 0 Å². The Balaban J connectivity index is 5.06. The van der Waals surface area contributed by atoms with Gasteiger partial charge in [0.25, 0.3) is 0 Å². The number of carboxylic acid groups (broad SMARTS) is 2. The van der Waals surface area contributed by atoms with Gasteiger partial charge in [0.15, 0.2) is 12.2 Å². The molecule has 0 aliphatic carbocycles. The molecule has 0 saturated heterocycles. The van der Waals surface area contributed by atoms with Gasteiger partial charge in [-0.3, -0.25) is 14.4 Å². The third-order valence-corrected chi connectivity index (χ3v) is 6.47. The number of carbonyl (C=O) groups is 5. The Kier molecular flexibility index (Phi) is 18.4. The highest BCUT2D eigenvalue weighted by Gasteiger charge is 2.36. The molecule has 238 valence electrons. The normalized spacial score (nSPS) is 14.1. The number of ether oxygens (including phenoxy) is 2. The Bertz CT molecular complexity index is 831. The van der Waals surface area contributed by atoms with Crippen LogP contribution in [0.25, 0.3) is 0 Å². The number of Topliss-reactive ketones (excluding diaryl/α,β-unsaturated/α-hetero) is 1. The molecule has 0 heterocycles. The number of rotatable bonds is 24. The molecule has 3 atom stereocenters. The van der Waals surface area contributed by atoms with Crippen molar-refractivity contribution in [2.75, 3.05) is 55.4 Å². The zero-order valence-corrected chi connectivity index (χ0v) is 26.4. The Morgan fingerprint density at radius 2 is 1.12 bits per heavy atom. The number of ketones is 1. The molecule has 0 aliphatic rings. The van der Waals surface area contributed by atoms with Crippen LogP contribution in [-0.2, 0) is 33.4 Å². The summed E-state index contributed by atoms with van der Waals surface area (Å²) in [5.74, 6) is -6.59. The van der Waals surface area contributed by atoms with Crippen molar-refractivity contribution in [2.24, 2.45) is 5.92 Å². The average molecular weight is 587 g/mol. The summed E-state index contributed by atoms with van der Waals surface area (Å²) in [6, 6.07) is 0. The van der Waals surface area contributed by atoms with Crippen molar-refractivity contribution in [1.29, 1.82) is 0 Å². The molecule has 41 heavy (non-hydrogen) atoms. The number of unbranched alkanes of at least 4 members (excludes halogenated alkanes) is 7. The average Bonchev–Trinajstić information content (AvgIpc) is 2.77. The maximum Gasteiger partial charge on any atom is 0.306 e. The van der Waals surface area contributed by atoms with Gasteiger partial charge in [-0.15, -0.1) is 0 Å². The Morgan fingerprint density at radius 1 is 0.634 bits per heavy atom. The van der Waals surface area contributed by atoms with E-state index in [0.717, 1.165) is 19.3 Å². The smallest absolute Gasteiger partial charge is 0.306 e. The zero-order chi connectivity index (χ0) is 31.6. The molecule has 11 nitrogen and oxygen atoms in total. The maximum absolute atomic E-state index is 13.0.